The largest absolute Gasteiger partial charge is 0.493 e. The highest BCUT2D eigenvalue weighted by Crippen LogP contribution is 2.32. The van der Waals surface area contributed by atoms with Gasteiger partial charge >= 0.3 is 6.61 Å². The molecular formula is C21H23F2N3O4. The first-order valence-electron chi connectivity index (χ1n) is 9.61. The molecule has 1 atom stereocenters. The molecule has 0 fully saturated rings. The number of halogens is 2. The maximum atomic E-state index is 12.6. The van der Waals surface area contributed by atoms with Gasteiger partial charge in [-0.3, -0.25) is 15.1 Å². The molecular weight excluding hydrogens is 396 g/mol. The van der Waals surface area contributed by atoms with Crippen molar-refractivity contribution in [2.75, 3.05) is 13.7 Å². The van der Waals surface area contributed by atoms with E-state index < -0.39 is 11.5 Å². The molecule has 0 N–H and O–H groups in total. The maximum Gasteiger partial charge on any atom is 0.387 e. The van der Waals surface area contributed by atoms with Crippen molar-refractivity contribution in [3.05, 3.63) is 63.7 Å². The van der Waals surface area contributed by atoms with Gasteiger partial charge in [0.25, 0.3) is 5.69 Å². The van der Waals surface area contributed by atoms with Crippen molar-refractivity contribution in [1.29, 1.82) is 0 Å². The first-order chi connectivity index (χ1) is 14.4. The quantitative estimate of drug-likeness (QED) is 0.452. The van der Waals surface area contributed by atoms with Crippen LogP contribution in [0.25, 0.3) is 0 Å². The van der Waals surface area contributed by atoms with Gasteiger partial charge in [0, 0.05) is 30.2 Å². The summed E-state index contributed by atoms with van der Waals surface area (Å²) in [7, 11) is 1.40. The number of hydrogen-bond acceptors (Lipinski definition) is 6. The highest BCUT2D eigenvalue weighted by Gasteiger charge is 2.24. The molecule has 2 aromatic carbocycles. The molecule has 30 heavy (non-hydrogen) atoms. The van der Waals surface area contributed by atoms with Crippen LogP contribution in [-0.2, 0) is 6.54 Å². The molecule has 0 amide bonds. The Labute approximate surface area is 173 Å². The molecule has 2 aromatic rings. The first kappa shape index (κ1) is 21.5. The third kappa shape index (κ3) is 5.03. The van der Waals surface area contributed by atoms with E-state index in [9.17, 15) is 18.9 Å². The van der Waals surface area contributed by atoms with E-state index in [0.29, 0.717) is 6.54 Å². The Morgan fingerprint density at radius 1 is 1.23 bits per heavy atom. The van der Waals surface area contributed by atoms with Gasteiger partial charge in [-0.2, -0.15) is 13.9 Å². The fraction of sp³-hybridized carbons (Fsp3) is 0.381. The summed E-state index contributed by atoms with van der Waals surface area (Å²) in [6.45, 7) is 0.416. The summed E-state index contributed by atoms with van der Waals surface area (Å²) in [6.07, 6.45) is 1.78. The second kappa shape index (κ2) is 9.51. The third-order valence-electron chi connectivity index (χ3n) is 5.05. The van der Waals surface area contributed by atoms with E-state index in [2.05, 4.69) is 11.7 Å². The van der Waals surface area contributed by atoms with Crippen LogP contribution in [0.3, 0.4) is 0 Å². The number of hydrazone groups is 1. The molecule has 0 radical (unpaired) electrons. The highest BCUT2D eigenvalue weighted by molar-refractivity contribution is 6.02. The van der Waals surface area contributed by atoms with E-state index >= 15 is 0 Å². The second-order valence-electron chi connectivity index (χ2n) is 6.93. The summed E-state index contributed by atoms with van der Waals surface area (Å²) in [6, 6.07) is 11.2. The lowest BCUT2D eigenvalue weighted by Crippen LogP contribution is -2.32. The van der Waals surface area contributed by atoms with Crippen molar-refractivity contribution in [3.63, 3.8) is 0 Å². The molecule has 0 saturated heterocycles. The molecule has 9 heteroatoms. The SMILES string of the molecule is CCC1CCN(Cc2ccc([N+](=O)[O-])cc2)N=C1c1ccc(OC(F)F)c(OC)c1. The van der Waals surface area contributed by atoms with E-state index in [4.69, 9.17) is 9.84 Å². The zero-order valence-corrected chi connectivity index (χ0v) is 16.8. The van der Waals surface area contributed by atoms with Gasteiger partial charge in [-0.25, -0.2) is 0 Å². The van der Waals surface area contributed by atoms with Crippen LogP contribution in [0.4, 0.5) is 14.5 Å². The van der Waals surface area contributed by atoms with E-state index in [0.717, 1.165) is 36.2 Å². The second-order valence-corrected chi connectivity index (χ2v) is 6.93. The summed E-state index contributed by atoms with van der Waals surface area (Å²) in [5, 5.41) is 17.5. The number of rotatable bonds is 8. The smallest absolute Gasteiger partial charge is 0.387 e. The number of non-ortho nitro benzene ring substituents is 1. The standard InChI is InChI=1S/C21H23F2N3O4/c1-3-15-10-11-25(13-14-4-7-17(8-5-14)26(27)28)24-20(15)16-6-9-18(30-21(22)23)19(12-16)29-2/h4-9,12,15,21H,3,10-11,13H2,1-2H3. The summed E-state index contributed by atoms with van der Waals surface area (Å²) in [5.41, 5.74) is 2.60. The molecule has 0 saturated carbocycles. The van der Waals surface area contributed by atoms with Crippen molar-refractivity contribution >= 4 is 11.4 Å². The van der Waals surface area contributed by atoms with Crippen molar-refractivity contribution in [2.24, 2.45) is 11.0 Å². The summed E-state index contributed by atoms with van der Waals surface area (Å²) in [5.74, 6) is 0.422. The van der Waals surface area contributed by atoms with Crippen LogP contribution < -0.4 is 9.47 Å². The van der Waals surface area contributed by atoms with Gasteiger partial charge in [0.15, 0.2) is 11.5 Å². The fourth-order valence-corrected chi connectivity index (χ4v) is 3.48. The Kier molecular flexibility index (Phi) is 6.81. The normalized spacial score (nSPS) is 16.4. The molecule has 1 aliphatic rings. The van der Waals surface area contributed by atoms with E-state index in [1.54, 1.807) is 24.3 Å². The predicted molar refractivity (Wildman–Crippen MR) is 108 cm³/mol. The summed E-state index contributed by atoms with van der Waals surface area (Å²) >= 11 is 0. The molecule has 0 spiro atoms. The highest BCUT2D eigenvalue weighted by atomic mass is 19.3. The van der Waals surface area contributed by atoms with Crippen LogP contribution in [0.5, 0.6) is 11.5 Å². The Morgan fingerprint density at radius 2 is 1.97 bits per heavy atom. The van der Waals surface area contributed by atoms with E-state index in [1.165, 1.54) is 25.3 Å². The Balaban J connectivity index is 1.85. The zero-order valence-electron chi connectivity index (χ0n) is 16.8. The molecule has 3 rings (SSSR count). The van der Waals surface area contributed by atoms with Crippen LogP contribution in [0, 0.1) is 16.0 Å². The van der Waals surface area contributed by atoms with E-state index in [1.807, 2.05) is 5.01 Å². The van der Waals surface area contributed by atoms with Gasteiger partial charge in [0.1, 0.15) is 0 Å². The molecule has 0 aromatic heterocycles. The van der Waals surface area contributed by atoms with Crippen molar-refractivity contribution < 1.29 is 23.2 Å². The number of ether oxygens (including phenoxy) is 2. The van der Waals surface area contributed by atoms with Crippen molar-refractivity contribution in [3.8, 4) is 11.5 Å². The minimum Gasteiger partial charge on any atom is -0.493 e. The number of methoxy groups -OCH3 is 1. The van der Waals surface area contributed by atoms with Gasteiger partial charge in [-0.15, -0.1) is 0 Å². The van der Waals surface area contributed by atoms with Crippen molar-refractivity contribution in [1.82, 2.24) is 5.01 Å². The number of hydrogen-bond donors (Lipinski definition) is 0. The van der Waals surface area contributed by atoms with Crippen LogP contribution in [-0.4, -0.2) is 35.9 Å². The maximum absolute atomic E-state index is 12.6. The minimum atomic E-state index is -2.93. The Bertz CT molecular complexity index is 919. The Hall–Kier alpha value is -3.23. The van der Waals surface area contributed by atoms with Gasteiger partial charge in [0.05, 0.1) is 24.3 Å². The molecule has 1 heterocycles. The first-order valence-corrected chi connectivity index (χ1v) is 9.61. The van der Waals surface area contributed by atoms with Crippen LogP contribution >= 0.6 is 0 Å². The minimum absolute atomic E-state index is 0.0246. The third-order valence-corrected chi connectivity index (χ3v) is 5.05. The van der Waals surface area contributed by atoms with Crippen molar-refractivity contribution in [2.45, 2.75) is 32.9 Å². The van der Waals surface area contributed by atoms with E-state index in [-0.39, 0.29) is 23.1 Å². The van der Waals surface area contributed by atoms with Crippen LogP contribution in [0.15, 0.2) is 47.6 Å². The lowest BCUT2D eigenvalue weighted by Gasteiger charge is -2.31. The number of nitro benzene ring substituents is 1. The zero-order chi connectivity index (χ0) is 21.7. The van der Waals surface area contributed by atoms with Gasteiger partial charge < -0.3 is 9.47 Å². The number of alkyl halides is 2. The monoisotopic (exact) mass is 419 g/mol. The average molecular weight is 419 g/mol. The summed E-state index contributed by atoms with van der Waals surface area (Å²) in [4.78, 5) is 10.4. The molecule has 0 bridgehead atoms. The lowest BCUT2D eigenvalue weighted by atomic mass is 9.90. The number of nitrogens with zero attached hydrogens (tertiary/aromatic N) is 3. The fourth-order valence-electron chi connectivity index (χ4n) is 3.48. The van der Waals surface area contributed by atoms with Gasteiger partial charge in [0.2, 0.25) is 0 Å². The molecule has 0 aliphatic carbocycles. The predicted octanol–water partition coefficient (Wildman–Crippen LogP) is 4.84. The van der Waals surface area contributed by atoms with Crippen LogP contribution in [0.2, 0.25) is 0 Å². The number of benzene rings is 2. The molecule has 1 aliphatic heterocycles. The van der Waals surface area contributed by atoms with Crippen LogP contribution in [0.1, 0.15) is 30.9 Å². The average Bonchev–Trinajstić information content (AvgIpc) is 2.74. The summed E-state index contributed by atoms with van der Waals surface area (Å²) < 4.78 is 34.9. The molecule has 160 valence electrons. The Morgan fingerprint density at radius 3 is 2.57 bits per heavy atom. The topological polar surface area (TPSA) is 77.2 Å². The molecule has 7 nitrogen and oxygen atoms in total. The lowest BCUT2D eigenvalue weighted by molar-refractivity contribution is -0.384. The van der Waals surface area contributed by atoms with Gasteiger partial charge in [-0.1, -0.05) is 19.1 Å². The number of nitro groups is 1. The molecule has 1 unspecified atom stereocenters. The van der Waals surface area contributed by atoms with Gasteiger partial charge in [-0.05, 0) is 36.6 Å².